The van der Waals surface area contributed by atoms with E-state index in [1.807, 2.05) is 60.7 Å². The molecule has 0 spiro atoms. The van der Waals surface area contributed by atoms with Crippen LogP contribution in [0.2, 0.25) is 0 Å². The van der Waals surface area contributed by atoms with E-state index in [0.29, 0.717) is 17.5 Å². The van der Waals surface area contributed by atoms with Crippen molar-refractivity contribution in [1.29, 1.82) is 0 Å². The Balaban J connectivity index is 1.12. The predicted molar refractivity (Wildman–Crippen MR) is 209 cm³/mol. The largest absolute Gasteiger partial charge is 0.455 e. The maximum Gasteiger partial charge on any atom is 0.164 e. The third-order valence-corrected chi connectivity index (χ3v) is 9.69. The molecule has 0 saturated carbocycles. The van der Waals surface area contributed by atoms with Crippen molar-refractivity contribution in [2.45, 2.75) is 0 Å². The zero-order valence-corrected chi connectivity index (χ0v) is 27.5. The van der Waals surface area contributed by atoms with Gasteiger partial charge in [0.25, 0.3) is 0 Å². The zero-order chi connectivity index (χ0) is 33.7. The van der Waals surface area contributed by atoms with Gasteiger partial charge in [-0.2, -0.15) is 0 Å². The van der Waals surface area contributed by atoms with Crippen LogP contribution in [0.3, 0.4) is 0 Å². The fourth-order valence-electron chi connectivity index (χ4n) is 7.15. The molecule has 0 fully saturated rings. The maximum absolute atomic E-state index is 6.71. The van der Waals surface area contributed by atoms with Crippen LogP contribution in [-0.4, -0.2) is 15.0 Å². The molecule has 0 aliphatic heterocycles. The summed E-state index contributed by atoms with van der Waals surface area (Å²) in [5, 5.41) is 6.84. The van der Waals surface area contributed by atoms with Gasteiger partial charge in [-0.25, -0.2) is 15.0 Å². The van der Waals surface area contributed by atoms with Gasteiger partial charge in [0, 0.05) is 32.8 Å². The van der Waals surface area contributed by atoms with Gasteiger partial charge in [-0.15, -0.1) is 0 Å². The van der Waals surface area contributed by atoms with Gasteiger partial charge in [0.15, 0.2) is 17.5 Å². The van der Waals surface area contributed by atoms with Crippen molar-refractivity contribution in [3.63, 3.8) is 0 Å². The van der Waals surface area contributed by atoms with Gasteiger partial charge in [0.2, 0.25) is 0 Å². The minimum Gasteiger partial charge on any atom is -0.455 e. The second-order valence-electron chi connectivity index (χ2n) is 12.8. The highest BCUT2D eigenvalue weighted by molar-refractivity contribution is 6.19. The fourth-order valence-corrected chi connectivity index (χ4v) is 7.15. The Hall–Kier alpha value is -6.91. The van der Waals surface area contributed by atoms with E-state index >= 15 is 0 Å². The Labute approximate surface area is 294 Å². The number of rotatable bonds is 5. The van der Waals surface area contributed by atoms with Crippen LogP contribution in [0.15, 0.2) is 180 Å². The van der Waals surface area contributed by atoms with E-state index in [4.69, 9.17) is 19.4 Å². The van der Waals surface area contributed by atoms with Crippen LogP contribution in [-0.2, 0) is 0 Å². The smallest absolute Gasteiger partial charge is 0.164 e. The van der Waals surface area contributed by atoms with Crippen LogP contribution in [0.5, 0.6) is 0 Å². The first-order valence-corrected chi connectivity index (χ1v) is 17.1. The third kappa shape index (κ3) is 5.13. The number of hydrogen-bond acceptors (Lipinski definition) is 4. The van der Waals surface area contributed by atoms with Crippen molar-refractivity contribution in [2.24, 2.45) is 0 Å². The molecule has 2 heterocycles. The normalized spacial score (nSPS) is 11.5. The topological polar surface area (TPSA) is 51.8 Å². The van der Waals surface area contributed by atoms with Crippen LogP contribution in [0.1, 0.15) is 0 Å². The van der Waals surface area contributed by atoms with Crippen molar-refractivity contribution in [1.82, 2.24) is 15.0 Å². The highest BCUT2D eigenvalue weighted by Gasteiger charge is 2.18. The number of aromatic nitrogens is 3. The molecule has 0 atom stereocenters. The van der Waals surface area contributed by atoms with E-state index in [-0.39, 0.29) is 0 Å². The average molecular weight is 652 g/mol. The molecule has 4 heteroatoms. The summed E-state index contributed by atoms with van der Waals surface area (Å²) in [6.45, 7) is 0. The van der Waals surface area contributed by atoms with E-state index in [9.17, 15) is 0 Å². The highest BCUT2D eigenvalue weighted by atomic mass is 16.3. The van der Waals surface area contributed by atoms with E-state index in [0.717, 1.165) is 55.0 Å². The number of furan rings is 1. The standard InChI is InChI=1S/C47H29N3O/c1-3-13-31(14-4-1)45-48-46(32-15-5-2-6-16-32)50-47(49-45)37-24-25-39-42-29-41(38-20-9-10-21-40(38)44(42)51-43(39)28-37)36-19-11-18-34(27-36)35-23-22-30-12-7-8-17-33(30)26-35/h1-29H. The van der Waals surface area contributed by atoms with Crippen molar-refractivity contribution in [2.75, 3.05) is 0 Å². The van der Waals surface area contributed by atoms with E-state index in [1.165, 1.54) is 27.5 Å². The second kappa shape index (κ2) is 11.9. The van der Waals surface area contributed by atoms with Gasteiger partial charge in [-0.1, -0.05) is 146 Å². The van der Waals surface area contributed by atoms with Crippen LogP contribution in [0.25, 0.3) is 99.9 Å². The molecule has 2 aromatic heterocycles. The summed E-state index contributed by atoms with van der Waals surface area (Å²) in [6, 6.07) is 61.2. The lowest BCUT2D eigenvalue weighted by molar-refractivity contribution is 0.673. The molecule has 0 bridgehead atoms. The molecule has 0 amide bonds. The number of hydrogen-bond donors (Lipinski definition) is 0. The lowest BCUT2D eigenvalue weighted by atomic mass is 9.93. The number of benzene rings is 8. The van der Waals surface area contributed by atoms with E-state index in [1.54, 1.807) is 0 Å². The summed E-state index contributed by atoms with van der Waals surface area (Å²) < 4.78 is 6.71. The lowest BCUT2D eigenvalue weighted by Gasteiger charge is -2.11. The van der Waals surface area contributed by atoms with Gasteiger partial charge in [0.1, 0.15) is 11.2 Å². The van der Waals surface area contributed by atoms with E-state index < -0.39 is 0 Å². The van der Waals surface area contributed by atoms with Crippen LogP contribution in [0.4, 0.5) is 0 Å². The first kappa shape index (κ1) is 29.0. The molecule has 238 valence electrons. The Morgan fingerprint density at radius 3 is 1.63 bits per heavy atom. The summed E-state index contributed by atoms with van der Waals surface area (Å²) in [5.74, 6) is 1.86. The van der Waals surface area contributed by atoms with Crippen molar-refractivity contribution < 1.29 is 4.42 Å². The Bertz CT molecular complexity index is 2860. The first-order valence-electron chi connectivity index (χ1n) is 17.1. The molecule has 0 aliphatic carbocycles. The van der Waals surface area contributed by atoms with Gasteiger partial charge in [-0.3, -0.25) is 0 Å². The minimum absolute atomic E-state index is 0.598. The monoisotopic (exact) mass is 651 g/mol. The van der Waals surface area contributed by atoms with Crippen LogP contribution < -0.4 is 0 Å². The summed E-state index contributed by atoms with van der Waals surface area (Å²) >= 11 is 0. The van der Waals surface area contributed by atoms with Gasteiger partial charge in [0.05, 0.1) is 0 Å². The molecule has 4 nitrogen and oxygen atoms in total. The van der Waals surface area contributed by atoms with Gasteiger partial charge >= 0.3 is 0 Å². The summed E-state index contributed by atoms with van der Waals surface area (Å²) in [6.07, 6.45) is 0. The molecule has 0 unspecified atom stereocenters. The maximum atomic E-state index is 6.71. The lowest BCUT2D eigenvalue weighted by Crippen LogP contribution is -2.00. The summed E-state index contributed by atoms with van der Waals surface area (Å²) in [5.41, 5.74) is 9.12. The third-order valence-electron chi connectivity index (χ3n) is 9.69. The Morgan fingerprint density at radius 2 is 0.882 bits per heavy atom. The number of nitrogens with zero attached hydrogens (tertiary/aromatic N) is 3. The Morgan fingerprint density at radius 1 is 0.314 bits per heavy atom. The molecular formula is C47H29N3O. The molecule has 8 aromatic carbocycles. The predicted octanol–water partition coefficient (Wildman–Crippen LogP) is 12.4. The molecule has 0 aliphatic rings. The fraction of sp³-hybridized carbons (Fsp3) is 0. The van der Waals surface area contributed by atoms with Crippen molar-refractivity contribution >= 4 is 43.5 Å². The van der Waals surface area contributed by atoms with E-state index in [2.05, 4.69) is 115 Å². The zero-order valence-electron chi connectivity index (χ0n) is 27.5. The summed E-state index contributed by atoms with van der Waals surface area (Å²) in [4.78, 5) is 14.8. The van der Waals surface area contributed by atoms with Crippen molar-refractivity contribution in [3.8, 4) is 56.4 Å². The Kier molecular flexibility index (Phi) is 6.78. The molecule has 10 aromatic rings. The summed E-state index contributed by atoms with van der Waals surface area (Å²) in [7, 11) is 0. The average Bonchev–Trinajstić information content (AvgIpc) is 3.59. The first-order chi connectivity index (χ1) is 25.2. The second-order valence-corrected chi connectivity index (χ2v) is 12.8. The van der Waals surface area contributed by atoms with Crippen molar-refractivity contribution in [3.05, 3.63) is 176 Å². The minimum atomic E-state index is 0.598. The quantitative estimate of drug-likeness (QED) is 0.186. The molecule has 0 radical (unpaired) electrons. The molecule has 10 rings (SSSR count). The molecule has 0 saturated heterocycles. The number of fused-ring (bicyclic) bond motifs is 6. The highest BCUT2D eigenvalue weighted by Crippen LogP contribution is 2.41. The molecular weight excluding hydrogens is 623 g/mol. The van der Waals surface area contributed by atoms with Crippen LogP contribution in [0, 0.1) is 0 Å². The van der Waals surface area contributed by atoms with Gasteiger partial charge in [-0.05, 0) is 68.7 Å². The van der Waals surface area contributed by atoms with Gasteiger partial charge < -0.3 is 4.42 Å². The SMILES string of the molecule is c1ccc(-c2nc(-c3ccccc3)nc(-c3ccc4c(c3)oc3c5ccccc5c(-c5cccc(-c6ccc7ccccc7c6)c5)cc43)n2)cc1. The van der Waals surface area contributed by atoms with Crippen LogP contribution >= 0.6 is 0 Å². The molecule has 51 heavy (non-hydrogen) atoms. The molecule has 0 N–H and O–H groups in total.